The molecule has 17 heavy (non-hydrogen) atoms. The number of aryl methyl sites for hydroxylation is 1. The first-order valence-electron chi connectivity index (χ1n) is 6.12. The fourth-order valence-corrected chi connectivity index (χ4v) is 3.17. The molecule has 1 rings (SSSR count). The molecule has 0 saturated carbocycles. The Morgan fingerprint density at radius 2 is 2.00 bits per heavy atom. The van der Waals surface area contributed by atoms with Crippen LogP contribution in [-0.2, 0) is 16.3 Å². The van der Waals surface area contributed by atoms with E-state index in [1.165, 1.54) is 0 Å². The van der Waals surface area contributed by atoms with Crippen LogP contribution < -0.4 is 5.73 Å². The molecule has 0 amide bonds. The molecule has 0 saturated heterocycles. The van der Waals surface area contributed by atoms with Gasteiger partial charge in [-0.1, -0.05) is 25.5 Å². The minimum absolute atomic E-state index is 0.240. The van der Waals surface area contributed by atoms with Crippen LogP contribution in [0.25, 0.3) is 0 Å². The number of unbranched alkanes of at least 4 members (excludes halogenated alkanes) is 1. The molecule has 0 aliphatic heterocycles. The molecule has 0 unspecified atom stereocenters. The lowest BCUT2D eigenvalue weighted by Crippen LogP contribution is -2.07. The van der Waals surface area contributed by atoms with Gasteiger partial charge in [0.1, 0.15) is 0 Å². The number of sulfone groups is 1. The van der Waals surface area contributed by atoms with Gasteiger partial charge in [-0.15, -0.1) is 0 Å². The Morgan fingerprint density at radius 1 is 1.24 bits per heavy atom. The largest absolute Gasteiger partial charge is 0.330 e. The van der Waals surface area contributed by atoms with E-state index in [0.717, 1.165) is 31.2 Å². The zero-order valence-corrected chi connectivity index (χ0v) is 11.2. The average Bonchev–Trinajstić information content (AvgIpc) is 2.34. The number of benzene rings is 1. The Morgan fingerprint density at radius 3 is 2.65 bits per heavy atom. The summed E-state index contributed by atoms with van der Waals surface area (Å²) in [5.74, 6) is 0.240. The fraction of sp³-hybridized carbons (Fsp3) is 0.538. The van der Waals surface area contributed by atoms with E-state index in [0.29, 0.717) is 11.4 Å². The molecule has 0 aliphatic carbocycles. The maximum absolute atomic E-state index is 12.0. The predicted molar refractivity (Wildman–Crippen MR) is 70.8 cm³/mol. The molecule has 3 nitrogen and oxygen atoms in total. The molecule has 0 aromatic heterocycles. The summed E-state index contributed by atoms with van der Waals surface area (Å²) in [6, 6.07) is 7.22. The molecule has 0 heterocycles. The number of hydrogen-bond donors (Lipinski definition) is 1. The molecule has 0 atom stereocenters. The molecule has 1 aromatic carbocycles. The van der Waals surface area contributed by atoms with Gasteiger partial charge in [0, 0.05) is 0 Å². The molecule has 0 bridgehead atoms. The summed E-state index contributed by atoms with van der Waals surface area (Å²) in [4.78, 5) is 0.445. The third kappa shape index (κ3) is 4.48. The summed E-state index contributed by atoms with van der Waals surface area (Å²) in [5.41, 5.74) is 6.50. The van der Waals surface area contributed by atoms with Gasteiger partial charge in [0.15, 0.2) is 9.84 Å². The minimum Gasteiger partial charge on any atom is -0.330 e. The normalized spacial score (nSPS) is 11.6. The van der Waals surface area contributed by atoms with E-state index in [1.54, 1.807) is 12.1 Å². The first kappa shape index (κ1) is 14.2. The lowest BCUT2D eigenvalue weighted by Gasteiger charge is -2.06. The lowest BCUT2D eigenvalue weighted by atomic mass is 10.1. The Hall–Kier alpha value is -0.870. The highest BCUT2D eigenvalue weighted by molar-refractivity contribution is 7.91. The highest BCUT2D eigenvalue weighted by Crippen LogP contribution is 2.15. The van der Waals surface area contributed by atoms with Gasteiger partial charge < -0.3 is 5.73 Å². The van der Waals surface area contributed by atoms with Gasteiger partial charge in [-0.3, -0.25) is 0 Å². The van der Waals surface area contributed by atoms with Crippen LogP contribution in [0.4, 0.5) is 0 Å². The van der Waals surface area contributed by atoms with Gasteiger partial charge in [-0.05, 0) is 43.5 Å². The van der Waals surface area contributed by atoms with Crippen molar-refractivity contribution in [2.45, 2.75) is 37.5 Å². The van der Waals surface area contributed by atoms with Crippen molar-refractivity contribution >= 4 is 9.84 Å². The summed E-state index contributed by atoms with van der Waals surface area (Å²) >= 11 is 0. The summed E-state index contributed by atoms with van der Waals surface area (Å²) in [7, 11) is -3.10. The first-order valence-corrected chi connectivity index (χ1v) is 7.77. The summed E-state index contributed by atoms with van der Waals surface area (Å²) in [6.07, 6.45) is 3.34. The fourth-order valence-electron chi connectivity index (χ4n) is 1.65. The molecular formula is C13H21NO2S. The SMILES string of the molecule is CCCCS(=O)(=O)c1cccc(CCCN)c1. The van der Waals surface area contributed by atoms with Crippen LogP contribution in [0, 0.1) is 0 Å². The average molecular weight is 255 g/mol. The maximum Gasteiger partial charge on any atom is 0.178 e. The second-order valence-electron chi connectivity index (χ2n) is 4.21. The van der Waals surface area contributed by atoms with Crippen molar-refractivity contribution in [2.24, 2.45) is 5.73 Å². The highest BCUT2D eigenvalue weighted by Gasteiger charge is 2.13. The second kappa shape index (κ2) is 6.77. The van der Waals surface area contributed by atoms with Crippen molar-refractivity contribution in [2.75, 3.05) is 12.3 Å². The van der Waals surface area contributed by atoms with Crippen LogP contribution >= 0.6 is 0 Å². The van der Waals surface area contributed by atoms with Gasteiger partial charge in [0.2, 0.25) is 0 Å². The van der Waals surface area contributed by atoms with Crippen molar-refractivity contribution < 1.29 is 8.42 Å². The maximum atomic E-state index is 12.0. The Bertz CT molecular complexity index is 440. The summed E-state index contributed by atoms with van der Waals surface area (Å²) in [6.45, 7) is 2.63. The molecule has 0 radical (unpaired) electrons. The van der Waals surface area contributed by atoms with E-state index >= 15 is 0 Å². The molecule has 96 valence electrons. The van der Waals surface area contributed by atoms with Crippen LogP contribution in [0.15, 0.2) is 29.2 Å². The van der Waals surface area contributed by atoms with Crippen molar-refractivity contribution in [1.82, 2.24) is 0 Å². The third-order valence-electron chi connectivity index (χ3n) is 2.69. The van der Waals surface area contributed by atoms with Crippen LogP contribution in [-0.4, -0.2) is 20.7 Å². The molecule has 4 heteroatoms. The van der Waals surface area contributed by atoms with Gasteiger partial charge in [0.05, 0.1) is 10.6 Å². The van der Waals surface area contributed by atoms with E-state index in [1.807, 2.05) is 19.1 Å². The number of rotatable bonds is 7. The molecule has 0 aliphatic rings. The van der Waals surface area contributed by atoms with Gasteiger partial charge in [-0.25, -0.2) is 8.42 Å². The predicted octanol–water partition coefficient (Wildman–Crippen LogP) is 2.15. The highest BCUT2D eigenvalue weighted by atomic mass is 32.2. The zero-order valence-electron chi connectivity index (χ0n) is 10.4. The Kier molecular flexibility index (Phi) is 5.65. The van der Waals surface area contributed by atoms with E-state index in [-0.39, 0.29) is 5.75 Å². The quantitative estimate of drug-likeness (QED) is 0.812. The van der Waals surface area contributed by atoms with E-state index < -0.39 is 9.84 Å². The molecule has 1 aromatic rings. The van der Waals surface area contributed by atoms with Gasteiger partial charge in [0.25, 0.3) is 0 Å². The standard InChI is InChI=1S/C13H21NO2S/c1-2-3-10-17(15,16)13-8-4-6-12(11-13)7-5-9-14/h4,6,8,11H,2-3,5,7,9-10,14H2,1H3. The molecule has 2 N–H and O–H groups in total. The second-order valence-corrected chi connectivity index (χ2v) is 6.32. The minimum atomic E-state index is -3.10. The third-order valence-corrected chi connectivity index (χ3v) is 4.49. The zero-order chi connectivity index (χ0) is 12.7. The molecular weight excluding hydrogens is 234 g/mol. The van der Waals surface area contributed by atoms with E-state index in [4.69, 9.17) is 5.73 Å². The van der Waals surface area contributed by atoms with Crippen LogP contribution in [0.3, 0.4) is 0 Å². The lowest BCUT2D eigenvalue weighted by molar-refractivity contribution is 0.592. The van der Waals surface area contributed by atoms with Crippen LogP contribution in [0.5, 0.6) is 0 Å². The monoisotopic (exact) mass is 255 g/mol. The smallest absolute Gasteiger partial charge is 0.178 e. The molecule has 0 fully saturated rings. The van der Waals surface area contributed by atoms with Crippen molar-refractivity contribution in [3.63, 3.8) is 0 Å². The summed E-state index contributed by atoms with van der Waals surface area (Å²) in [5, 5.41) is 0. The first-order chi connectivity index (χ1) is 8.10. The summed E-state index contributed by atoms with van der Waals surface area (Å²) < 4.78 is 24.0. The van der Waals surface area contributed by atoms with Crippen LogP contribution in [0.2, 0.25) is 0 Å². The van der Waals surface area contributed by atoms with Crippen molar-refractivity contribution in [3.05, 3.63) is 29.8 Å². The van der Waals surface area contributed by atoms with Crippen molar-refractivity contribution in [1.29, 1.82) is 0 Å². The molecule has 0 spiro atoms. The van der Waals surface area contributed by atoms with E-state index in [9.17, 15) is 8.42 Å². The van der Waals surface area contributed by atoms with Crippen LogP contribution in [0.1, 0.15) is 31.7 Å². The van der Waals surface area contributed by atoms with Gasteiger partial charge >= 0.3 is 0 Å². The topological polar surface area (TPSA) is 60.2 Å². The number of hydrogen-bond acceptors (Lipinski definition) is 3. The Labute approximate surface area is 104 Å². The number of nitrogens with two attached hydrogens (primary N) is 1. The van der Waals surface area contributed by atoms with E-state index in [2.05, 4.69) is 0 Å². The Balaban J connectivity index is 2.83. The van der Waals surface area contributed by atoms with Gasteiger partial charge in [-0.2, -0.15) is 0 Å². The van der Waals surface area contributed by atoms with Crippen molar-refractivity contribution in [3.8, 4) is 0 Å².